The molecule has 1 unspecified atom stereocenters. The number of carbonyl (C=O) groups is 1. The van der Waals surface area contributed by atoms with Crippen LogP contribution < -0.4 is 11.1 Å². The van der Waals surface area contributed by atoms with E-state index in [2.05, 4.69) is 17.2 Å². The van der Waals surface area contributed by atoms with Gasteiger partial charge in [-0.2, -0.15) is 11.8 Å². The zero-order valence-corrected chi connectivity index (χ0v) is 12.6. The second kappa shape index (κ2) is 7.37. The Balaban J connectivity index is 2.02. The lowest BCUT2D eigenvalue weighted by Gasteiger charge is -2.10. The van der Waals surface area contributed by atoms with Crippen LogP contribution in [0.5, 0.6) is 0 Å². The third kappa shape index (κ3) is 4.29. The first-order valence-corrected chi connectivity index (χ1v) is 7.94. The molecule has 106 valence electrons. The highest BCUT2D eigenvalue weighted by molar-refractivity contribution is 8.00. The summed E-state index contributed by atoms with van der Waals surface area (Å²) in [5.41, 5.74) is 7.93. The van der Waals surface area contributed by atoms with Crippen LogP contribution in [0.15, 0.2) is 18.2 Å². The van der Waals surface area contributed by atoms with Crippen molar-refractivity contribution in [3.8, 4) is 11.8 Å². The van der Waals surface area contributed by atoms with Crippen molar-refractivity contribution in [1.29, 1.82) is 0 Å². The summed E-state index contributed by atoms with van der Waals surface area (Å²) >= 11 is 1.95. The number of nitrogens with one attached hydrogen (secondary N) is 1. The lowest BCUT2D eigenvalue weighted by atomic mass is 10.1. The molecule has 3 N–H and O–H groups in total. The largest absolute Gasteiger partial charge is 0.351 e. The Kier molecular flexibility index (Phi) is 5.51. The fourth-order valence-electron chi connectivity index (χ4n) is 2.25. The van der Waals surface area contributed by atoms with Crippen LogP contribution in [0.3, 0.4) is 0 Å². The summed E-state index contributed by atoms with van der Waals surface area (Å²) in [5, 5.41) is 3.59. The fourth-order valence-corrected chi connectivity index (χ4v) is 3.45. The minimum atomic E-state index is -0.0167. The van der Waals surface area contributed by atoms with Gasteiger partial charge in [0.2, 0.25) is 0 Å². The fraction of sp³-hybridized carbons (Fsp3) is 0.438. The van der Waals surface area contributed by atoms with Gasteiger partial charge >= 0.3 is 0 Å². The van der Waals surface area contributed by atoms with Crippen molar-refractivity contribution in [2.24, 2.45) is 5.73 Å². The van der Waals surface area contributed by atoms with E-state index < -0.39 is 0 Å². The molecule has 0 aliphatic carbocycles. The van der Waals surface area contributed by atoms with Gasteiger partial charge in [0, 0.05) is 22.9 Å². The Labute approximate surface area is 124 Å². The van der Waals surface area contributed by atoms with Gasteiger partial charge in [0.05, 0.1) is 6.54 Å². The molecule has 1 aromatic rings. The summed E-state index contributed by atoms with van der Waals surface area (Å²) in [6, 6.07) is 5.68. The van der Waals surface area contributed by atoms with Gasteiger partial charge < -0.3 is 11.1 Å². The molecule has 1 heterocycles. The Morgan fingerprint density at radius 3 is 3.05 bits per heavy atom. The molecular weight excluding hydrogens is 268 g/mol. The van der Waals surface area contributed by atoms with E-state index >= 15 is 0 Å². The molecule has 2 rings (SSSR count). The van der Waals surface area contributed by atoms with E-state index in [0.717, 1.165) is 17.7 Å². The molecule has 0 saturated carbocycles. The van der Waals surface area contributed by atoms with E-state index in [-0.39, 0.29) is 5.91 Å². The van der Waals surface area contributed by atoms with E-state index in [4.69, 9.17) is 5.73 Å². The highest BCUT2D eigenvalue weighted by Crippen LogP contribution is 2.25. The van der Waals surface area contributed by atoms with E-state index in [9.17, 15) is 4.79 Å². The van der Waals surface area contributed by atoms with Gasteiger partial charge in [0.1, 0.15) is 0 Å². The molecule has 20 heavy (non-hydrogen) atoms. The predicted molar refractivity (Wildman–Crippen MR) is 84.9 cm³/mol. The number of rotatable bonds is 3. The molecule has 4 heteroatoms. The summed E-state index contributed by atoms with van der Waals surface area (Å²) in [5.74, 6) is 6.99. The third-order valence-electron chi connectivity index (χ3n) is 3.19. The number of nitrogens with two attached hydrogens (primary N) is 1. The van der Waals surface area contributed by atoms with Crippen LogP contribution in [0, 0.1) is 18.8 Å². The van der Waals surface area contributed by atoms with E-state index in [1.54, 1.807) is 0 Å². The molecule has 0 bridgehead atoms. The van der Waals surface area contributed by atoms with E-state index in [0.29, 0.717) is 17.4 Å². The van der Waals surface area contributed by atoms with Gasteiger partial charge in [-0.3, -0.25) is 4.79 Å². The Morgan fingerprint density at radius 1 is 1.50 bits per heavy atom. The minimum absolute atomic E-state index is 0.0167. The number of amides is 1. The van der Waals surface area contributed by atoms with Gasteiger partial charge in [-0.15, -0.1) is 0 Å². The maximum Gasteiger partial charge on any atom is 0.251 e. The van der Waals surface area contributed by atoms with Crippen LogP contribution in [0.1, 0.15) is 34.3 Å². The normalized spacial score (nSPS) is 17.4. The highest BCUT2D eigenvalue weighted by Gasteiger charge is 2.16. The number of carbonyl (C=O) groups excluding carboxylic acids is 1. The van der Waals surface area contributed by atoms with Crippen molar-refractivity contribution in [2.45, 2.75) is 25.0 Å². The molecule has 1 aromatic carbocycles. The van der Waals surface area contributed by atoms with Crippen LogP contribution in [0.2, 0.25) is 0 Å². The summed E-state index contributed by atoms with van der Waals surface area (Å²) in [4.78, 5) is 12.2. The highest BCUT2D eigenvalue weighted by atomic mass is 32.2. The van der Waals surface area contributed by atoms with Gasteiger partial charge in [0.15, 0.2) is 0 Å². The molecule has 1 saturated heterocycles. The van der Waals surface area contributed by atoms with Crippen LogP contribution in [0.25, 0.3) is 0 Å². The molecule has 1 atom stereocenters. The Hall–Kier alpha value is -1.44. The third-order valence-corrected chi connectivity index (χ3v) is 4.59. The van der Waals surface area contributed by atoms with Crippen LogP contribution in [0.4, 0.5) is 0 Å². The standard InChI is InChI=1S/C16H20N2OS/c1-12-8-13(4-2-6-17)10-14(9-12)16(19)18-11-15-5-3-7-20-15/h8-10,15H,3,5-7,11,17H2,1H3,(H,18,19). The molecule has 1 fully saturated rings. The number of hydrogen-bond acceptors (Lipinski definition) is 3. The summed E-state index contributed by atoms with van der Waals surface area (Å²) in [6.45, 7) is 3.05. The maximum atomic E-state index is 12.2. The zero-order chi connectivity index (χ0) is 14.4. The number of benzene rings is 1. The van der Waals surface area contributed by atoms with E-state index in [1.807, 2.05) is 36.9 Å². The number of thioether (sulfide) groups is 1. The Bertz CT molecular complexity index is 539. The summed E-state index contributed by atoms with van der Waals surface area (Å²) in [7, 11) is 0. The van der Waals surface area contributed by atoms with Crippen LogP contribution in [-0.2, 0) is 0 Å². The van der Waals surface area contributed by atoms with Gasteiger partial charge in [-0.05, 0) is 49.3 Å². The van der Waals surface area contributed by atoms with Crippen LogP contribution in [-0.4, -0.2) is 30.0 Å². The van der Waals surface area contributed by atoms with E-state index in [1.165, 1.54) is 18.6 Å². The maximum absolute atomic E-state index is 12.2. The Morgan fingerprint density at radius 2 is 2.35 bits per heavy atom. The quantitative estimate of drug-likeness (QED) is 0.836. The lowest BCUT2D eigenvalue weighted by Crippen LogP contribution is -2.29. The van der Waals surface area contributed by atoms with Gasteiger partial charge in [-0.25, -0.2) is 0 Å². The van der Waals surface area contributed by atoms with Crippen molar-refractivity contribution in [1.82, 2.24) is 5.32 Å². The molecule has 1 amide bonds. The van der Waals surface area contributed by atoms with Crippen molar-refractivity contribution < 1.29 is 4.79 Å². The second-order valence-corrected chi connectivity index (χ2v) is 6.35. The average Bonchev–Trinajstić information content (AvgIpc) is 2.95. The van der Waals surface area contributed by atoms with Crippen molar-refractivity contribution in [3.05, 3.63) is 34.9 Å². The van der Waals surface area contributed by atoms with Crippen molar-refractivity contribution >= 4 is 17.7 Å². The molecular formula is C16H20N2OS. The minimum Gasteiger partial charge on any atom is -0.351 e. The summed E-state index contributed by atoms with van der Waals surface area (Å²) < 4.78 is 0. The van der Waals surface area contributed by atoms with Gasteiger partial charge in [0.25, 0.3) is 5.91 Å². The first kappa shape index (κ1) is 15.0. The topological polar surface area (TPSA) is 55.1 Å². The smallest absolute Gasteiger partial charge is 0.251 e. The second-order valence-electron chi connectivity index (χ2n) is 4.94. The first-order chi connectivity index (χ1) is 9.69. The molecule has 1 aliphatic rings. The molecule has 0 spiro atoms. The summed E-state index contributed by atoms with van der Waals surface area (Å²) in [6.07, 6.45) is 2.46. The monoisotopic (exact) mass is 288 g/mol. The molecule has 1 aliphatic heterocycles. The van der Waals surface area contributed by atoms with Crippen molar-refractivity contribution in [3.63, 3.8) is 0 Å². The lowest BCUT2D eigenvalue weighted by molar-refractivity contribution is 0.0953. The van der Waals surface area contributed by atoms with Crippen molar-refractivity contribution in [2.75, 3.05) is 18.8 Å². The average molecular weight is 288 g/mol. The number of aryl methyl sites for hydroxylation is 1. The SMILES string of the molecule is Cc1cc(C#CCN)cc(C(=O)NCC2CCCS2)c1. The molecule has 0 radical (unpaired) electrons. The molecule has 3 nitrogen and oxygen atoms in total. The molecule has 0 aromatic heterocycles. The zero-order valence-electron chi connectivity index (χ0n) is 11.7. The van der Waals surface area contributed by atoms with Crippen LogP contribution >= 0.6 is 11.8 Å². The number of hydrogen-bond donors (Lipinski definition) is 2. The van der Waals surface area contributed by atoms with Gasteiger partial charge in [-0.1, -0.05) is 11.8 Å². The first-order valence-electron chi connectivity index (χ1n) is 6.89. The predicted octanol–water partition coefficient (Wildman–Crippen LogP) is 1.93.